The van der Waals surface area contributed by atoms with Crippen LogP contribution in [0.2, 0.25) is 5.02 Å². The molecule has 1 N–H and O–H groups in total. The van der Waals surface area contributed by atoms with Crippen LogP contribution in [0.4, 0.5) is 4.39 Å². The van der Waals surface area contributed by atoms with E-state index in [9.17, 15) is 14.0 Å². The Morgan fingerprint density at radius 2 is 1.88 bits per heavy atom. The van der Waals surface area contributed by atoms with E-state index in [-0.39, 0.29) is 11.8 Å². The average molecular weight is 366 g/mol. The van der Waals surface area contributed by atoms with Crippen molar-refractivity contribution in [3.63, 3.8) is 0 Å². The zero-order valence-electron chi connectivity index (χ0n) is 13.5. The summed E-state index contributed by atoms with van der Waals surface area (Å²) in [6.07, 6.45) is 0. The lowest BCUT2D eigenvalue weighted by molar-refractivity contribution is -0.150. The zero-order valence-corrected chi connectivity index (χ0v) is 14.3. The van der Waals surface area contributed by atoms with E-state index in [2.05, 4.69) is 5.32 Å². The number of esters is 1. The molecule has 2 aromatic rings. The molecule has 0 aliphatic rings. The molecule has 25 heavy (non-hydrogen) atoms. The Morgan fingerprint density at radius 3 is 2.56 bits per heavy atom. The highest BCUT2D eigenvalue weighted by Gasteiger charge is 2.12. The van der Waals surface area contributed by atoms with Crippen molar-refractivity contribution < 1.29 is 23.5 Å². The van der Waals surface area contributed by atoms with Gasteiger partial charge in [0.25, 0.3) is 5.91 Å². The molecule has 0 aliphatic carbocycles. The van der Waals surface area contributed by atoms with Crippen LogP contribution in [-0.2, 0) is 14.3 Å². The normalized spacial score (nSPS) is 11.5. The van der Waals surface area contributed by atoms with Crippen molar-refractivity contribution in [3.05, 3.63) is 64.9 Å². The number of carbonyl (C=O) groups is 2. The van der Waals surface area contributed by atoms with Gasteiger partial charge in [-0.2, -0.15) is 0 Å². The van der Waals surface area contributed by atoms with Crippen molar-refractivity contribution in [2.75, 3.05) is 13.2 Å². The molecule has 0 aromatic heterocycles. The van der Waals surface area contributed by atoms with Crippen LogP contribution in [0.3, 0.4) is 0 Å². The van der Waals surface area contributed by atoms with Gasteiger partial charge >= 0.3 is 5.97 Å². The van der Waals surface area contributed by atoms with Crippen molar-refractivity contribution in [2.45, 2.75) is 13.0 Å². The number of ether oxygens (including phenoxy) is 2. The van der Waals surface area contributed by atoms with Crippen molar-refractivity contribution in [1.29, 1.82) is 0 Å². The fraction of sp³-hybridized carbons (Fsp3) is 0.222. The SMILES string of the molecule is CC(NC(=O)COC(=O)COc1cccc(F)c1)c1ccc(Cl)cc1. The first-order valence-electron chi connectivity index (χ1n) is 7.53. The second kappa shape index (κ2) is 9.03. The molecule has 0 saturated carbocycles. The molecule has 7 heteroatoms. The van der Waals surface area contributed by atoms with Crippen LogP contribution in [0, 0.1) is 5.82 Å². The second-order valence-electron chi connectivity index (χ2n) is 5.25. The molecule has 2 aromatic carbocycles. The predicted molar refractivity (Wildman–Crippen MR) is 90.9 cm³/mol. The molecule has 1 unspecified atom stereocenters. The highest BCUT2D eigenvalue weighted by molar-refractivity contribution is 6.30. The van der Waals surface area contributed by atoms with Crippen LogP contribution < -0.4 is 10.1 Å². The number of hydrogen-bond acceptors (Lipinski definition) is 4. The maximum Gasteiger partial charge on any atom is 0.344 e. The minimum atomic E-state index is -0.724. The Hall–Kier alpha value is -2.60. The maximum atomic E-state index is 13.0. The molecule has 0 fully saturated rings. The number of benzene rings is 2. The quantitative estimate of drug-likeness (QED) is 0.765. The average Bonchev–Trinajstić information content (AvgIpc) is 2.58. The Bertz CT molecular complexity index is 736. The van der Waals surface area contributed by atoms with Crippen LogP contribution in [0.1, 0.15) is 18.5 Å². The van der Waals surface area contributed by atoms with Gasteiger partial charge < -0.3 is 14.8 Å². The molecule has 2 rings (SSSR count). The number of rotatable bonds is 7. The lowest BCUT2D eigenvalue weighted by Crippen LogP contribution is -2.31. The lowest BCUT2D eigenvalue weighted by atomic mass is 10.1. The summed E-state index contributed by atoms with van der Waals surface area (Å²) in [5.74, 6) is -1.43. The number of hydrogen-bond donors (Lipinski definition) is 1. The summed E-state index contributed by atoms with van der Waals surface area (Å²) in [5, 5.41) is 3.31. The standard InChI is InChI=1S/C18H17ClFNO4/c1-12(13-5-7-14(19)8-6-13)21-17(22)10-25-18(23)11-24-16-4-2-3-15(20)9-16/h2-9,12H,10-11H2,1H3,(H,21,22). The molecule has 0 radical (unpaired) electrons. The molecular formula is C18H17ClFNO4. The first-order valence-corrected chi connectivity index (χ1v) is 7.90. The van der Waals surface area contributed by atoms with Gasteiger partial charge in [0.05, 0.1) is 6.04 Å². The molecule has 0 aliphatic heterocycles. The summed E-state index contributed by atoms with van der Waals surface area (Å²) < 4.78 is 22.9. The van der Waals surface area contributed by atoms with Crippen molar-refractivity contribution in [1.82, 2.24) is 5.32 Å². The predicted octanol–water partition coefficient (Wildman–Crippen LogP) is 3.28. The Balaban J connectivity index is 1.71. The van der Waals surface area contributed by atoms with Crippen LogP contribution in [-0.4, -0.2) is 25.1 Å². The van der Waals surface area contributed by atoms with Crippen molar-refractivity contribution in [3.8, 4) is 5.75 Å². The van der Waals surface area contributed by atoms with Gasteiger partial charge in [-0.05, 0) is 36.8 Å². The Morgan fingerprint density at radius 1 is 1.16 bits per heavy atom. The van der Waals surface area contributed by atoms with Gasteiger partial charge in [0.15, 0.2) is 13.2 Å². The van der Waals surface area contributed by atoms with Crippen LogP contribution in [0.15, 0.2) is 48.5 Å². The third kappa shape index (κ3) is 6.43. The summed E-state index contributed by atoms with van der Waals surface area (Å²) in [5.41, 5.74) is 0.874. The smallest absolute Gasteiger partial charge is 0.344 e. The van der Waals surface area contributed by atoms with E-state index >= 15 is 0 Å². The monoisotopic (exact) mass is 365 g/mol. The molecule has 132 valence electrons. The summed E-state index contributed by atoms with van der Waals surface area (Å²) in [4.78, 5) is 23.4. The molecule has 1 atom stereocenters. The molecule has 0 saturated heterocycles. The largest absolute Gasteiger partial charge is 0.482 e. The lowest BCUT2D eigenvalue weighted by Gasteiger charge is -2.14. The minimum absolute atomic E-state index is 0.206. The van der Waals surface area contributed by atoms with Crippen LogP contribution >= 0.6 is 11.6 Å². The van der Waals surface area contributed by atoms with E-state index in [0.717, 1.165) is 11.6 Å². The van der Waals surface area contributed by atoms with Gasteiger partial charge in [0.2, 0.25) is 0 Å². The van der Waals surface area contributed by atoms with Gasteiger partial charge in [-0.15, -0.1) is 0 Å². The summed E-state index contributed by atoms with van der Waals surface area (Å²) in [6, 6.07) is 12.2. The second-order valence-corrected chi connectivity index (χ2v) is 5.68. The maximum absolute atomic E-state index is 13.0. The summed E-state index contributed by atoms with van der Waals surface area (Å²) in [7, 11) is 0. The highest BCUT2D eigenvalue weighted by atomic mass is 35.5. The third-order valence-corrected chi connectivity index (χ3v) is 3.52. The van der Waals surface area contributed by atoms with E-state index < -0.39 is 30.9 Å². The molecular weight excluding hydrogens is 349 g/mol. The van der Waals surface area contributed by atoms with Crippen molar-refractivity contribution in [2.24, 2.45) is 0 Å². The zero-order chi connectivity index (χ0) is 18.2. The van der Waals surface area contributed by atoms with E-state index in [1.807, 2.05) is 0 Å². The van der Waals surface area contributed by atoms with Gasteiger partial charge in [0, 0.05) is 11.1 Å². The fourth-order valence-corrected chi connectivity index (χ4v) is 2.13. The van der Waals surface area contributed by atoms with E-state index in [1.165, 1.54) is 18.2 Å². The van der Waals surface area contributed by atoms with Crippen LogP contribution in [0.5, 0.6) is 5.75 Å². The van der Waals surface area contributed by atoms with Crippen molar-refractivity contribution >= 4 is 23.5 Å². The van der Waals surface area contributed by atoms with Gasteiger partial charge in [-0.1, -0.05) is 29.8 Å². The van der Waals surface area contributed by atoms with E-state index in [4.69, 9.17) is 21.1 Å². The third-order valence-electron chi connectivity index (χ3n) is 3.26. The Kier molecular flexibility index (Phi) is 6.77. The molecule has 5 nitrogen and oxygen atoms in total. The number of nitrogens with one attached hydrogen (secondary N) is 1. The molecule has 0 bridgehead atoms. The number of carbonyl (C=O) groups excluding carboxylic acids is 2. The first kappa shape index (κ1) is 18.7. The molecule has 0 heterocycles. The van der Waals surface area contributed by atoms with Gasteiger partial charge in [0.1, 0.15) is 11.6 Å². The summed E-state index contributed by atoms with van der Waals surface area (Å²) >= 11 is 5.81. The van der Waals surface area contributed by atoms with Crippen LogP contribution in [0.25, 0.3) is 0 Å². The summed E-state index contributed by atoms with van der Waals surface area (Å²) in [6.45, 7) is 0.961. The first-order chi connectivity index (χ1) is 11.9. The Labute approximate surface area is 149 Å². The minimum Gasteiger partial charge on any atom is -0.482 e. The van der Waals surface area contributed by atoms with E-state index in [1.54, 1.807) is 31.2 Å². The molecule has 1 amide bonds. The fourth-order valence-electron chi connectivity index (χ4n) is 2.00. The van der Waals surface area contributed by atoms with E-state index in [0.29, 0.717) is 5.02 Å². The van der Waals surface area contributed by atoms with Gasteiger partial charge in [-0.25, -0.2) is 9.18 Å². The van der Waals surface area contributed by atoms with Gasteiger partial charge in [-0.3, -0.25) is 4.79 Å². The number of amides is 1. The topological polar surface area (TPSA) is 64.6 Å². The highest BCUT2D eigenvalue weighted by Crippen LogP contribution is 2.16. The molecule has 0 spiro atoms. The number of halogens is 2.